The third kappa shape index (κ3) is 0.975. The topological polar surface area (TPSA) is 59.1 Å². The van der Waals surface area contributed by atoms with Crippen LogP contribution >= 0.6 is 0 Å². The fourth-order valence-corrected chi connectivity index (χ4v) is 0.495. The molecule has 0 spiro atoms. The van der Waals surface area contributed by atoms with Crippen LogP contribution in [0.3, 0.4) is 0 Å². The minimum absolute atomic E-state index is 0.356. The monoisotopic (exact) mass is 146 g/mol. The Morgan fingerprint density at radius 3 is 2.60 bits per heavy atom. The molecule has 5 heteroatoms. The first-order chi connectivity index (χ1) is 4.61. The summed E-state index contributed by atoms with van der Waals surface area (Å²) in [6.45, 7) is 0. The highest BCUT2D eigenvalue weighted by atomic mass is 19.1. The molecule has 1 aromatic rings. The average Bonchev–Trinajstić information content (AvgIpc) is 1.82. The lowest BCUT2D eigenvalue weighted by molar-refractivity contribution is 0.408. The van der Waals surface area contributed by atoms with Crippen LogP contribution in [0, 0.1) is 11.9 Å². The van der Waals surface area contributed by atoms with Crippen LogP contribution in [0.5, 0.6) is 5.75 Å². The molecule has 0 amide bonds. The summed E-state index contributed by atoms with van der Waals surface area (Å²) in [7, 11) is 0. The summed E-state index contributed by atoms with van der Waals surface area (Å²) < 4.78 is 24.2. The van der Waals surface area contributed by atoms with Gasteiger partial charge in [0.25, 0.3) is 5.95 Å². The highest BCUT2D eigenvalue weighted by Gasteiger charge is 2.07. The molecule has 0 aliphatic carbocycles. The van der Waals surface area contributed by atoms with Gasteiger partial charge in [0.15, 0.2) is 5.75 Å². The van der Waals surface area contributed by atoms with Crippen molar-refractivity contribution in [2.45, 2.75) is 0 Å². The third-order valence-corrected chi connectivity index (χ3v) is 0.948. The first-order valence-corrected chi connectivity index (χ1v) is 2.41. The molecule has 0 unspecified atom stereocenters. The molecule has 0 bridgehead atoms. The highest BCUT2D eigenvalue weighted by Crippen LogP contribution is 2.21. The van der Waals surface area contributed by atoms with Crippen LogP contribution in [0.4, 0.5) is 14.5 Å². The Morgan fingerprint density at radius 2 is 2.10 bits per heavy atom. The van der Waals surface area contributed by atoms with Gasteiger partial charge in [-0.15, -0.1) is 0 Å². The predicted molar refractivity (Wildman–Crippen MR) is 30.2 cm³/mol. The van der Waals surface area contributed by atoms with E-state index < -0.39 is 17.6 Å². The molecular weight excluding hydrogens is 142 g/mol. The van der Waals surface area contributed by atoms with Crippen molar-refractivity contribution >= 4 is 5.69 Å². The Balaban J connectivity index is 3.31. The number of anilines is 1. The largest absolute Gasteiger partial charge is 0.502 e. The van der Waals surface area contributed by atoms with E-state index in [9.17, 15) is 8.78 Å². The molecule has 0 aromatic carbocycles. The van der Waals surface area contributed by atoms with E-state index in [1.54, 1.807) is 0 Å². The molecule has 0 aliphatic rings. The number of rotatable bonds is 0. The molecule has 54 valence electrons. The minimum Gasteiger partial charge on any atom is -0.502 e. The molecule has 3 nitrogen and oxygen atoms in total. The van der Waals surface area contributed by atoms with Gasteiger partial charge >= 0.3 is 0 Å². The average molecular weight is 146 g/mol. The molecule has 1 rings (SSSR count). The second kappa shape index (κ2) is 2.09. The van der Waals surface area contributed by atoms with Gasteiger partial charge in [-0.2, -0.15) is 13.8 Å². The van der Waals surface area contributed by atoms with E-state index in [0.717, 1.165) is 6.07 Å². The Morgan fingerprint density at radius 1 is 1.50 bits per heavy atom. The second-order valence-electron chi connectivity index (χ2n) is 1.67. The maximum atomic E-state index is 12.2. The van der Waals surface area contributed by atoms with Crippen LogP contribution < -0.4 is 5.73 Å². The first kappa shape index (κ1) is 6.73. The first-order valence-electron chi connectivity index (χ1n) is 2.41. The van der Waals surface area contributed by atoms with Gasteiger partial charge in [0.05, 0.1) is 5.69 Å². The zero-order valence-electron chi connectivity index (χ0n) is 4.81. The van der Waals surface area contributed by atoms with Crippen molar-refractivity contribution in [3.05, 3.63) is 18.0 Å². The van der Waals surface area contributed by atoms with Crippen LogP contribution in [-0.2, 0) is 0 Å². The highest BCUT2D eigenvalue weighted by molar-refractivity contribution is 5.49. The van der Waals surface area contributed by atoms with Crippen molar-refractivity contribution in [2.75, 3.05) is 5.73 Å². The summed E-state index contributed by atoms with van der Waals surface area (Å²) >= 11 is 0. The molecule has 0 atom stereocenters. The minimum atomic E-state index is -1.29. The molecule has 0 saturated heterocycles. The van der Waals surface area contributed by atoms with Gasteiger partial charge in [-0.1, -0.05) is 0 Å². The maximum absolute atomic E-state index is 12.2. The third-order valence-electron chi connectivity index (χ3n) is 0.948. The Bertz CT molecular complexity index is 241. The van der Waals surface area contributed by atoms with Gasteiger partial charge in [-0.05, 0) is 0 Å². The van der Waals surface area contributed by atoms with Gasteiger partial charge in [-0.25, -0.2) is 0 Å². The number of nitrogens with zero attached hydrogens (tertiary/aromatic N) is 1. The van der Waals surface area contributed by atoms with Crippen molar-refractivity contribution < 1.29 is 13.9 Å². The van der Waals surface area contributed by atoms with E-state index in [1.165, 1.54) is 0 Å². The second-order valence-corrected chi connectivity index (χ2v) is 1.67. The van der Waals surface area contributed by atoms with Gasteiger partial charge in [0, 0.05) is 6.07 Å². The lowest BCUT2D eigenvalue weighted by atomic mass is 10.4. The number of aromatic hydroxyl groups is 1. The number of hydrogen-bond acceptors (Lipinski definition) is 3. The van der Waals surface area contributed by atoms with Gasteiger partial charge < -0.3 is 10.8 Å². The van der Waals surface area contributed by atoms with Crippen LogP contribution in [0.2, 0.25) is 0 Å². The smallest absolute Gasteiger partial charge is 0.259 e. The lowest BCUT2D eigenvalue weighted by Crippen LogP contribution is -1.94. The van der Waals surface area contributed by atoms with E-state index in [4.69, 9.17) is 10.8 Å². The van der Waals surface area contributed by atoms with E-state index in [-0.39, 0.29) is 5.69 Å². The Kier molecular flexibility index (Phi) is 1.41. The number of aromatic nitrogens is 1. The van der Waals surface area contributed by atoms with Crippen LogP contribution in [-0.4, -0.2) is 10.1 Å². The summed E-state index contributed by atoms with van der Waals surface area (Å²) in [6.07, 6.45) is 0. The number of halogens is 2. The summed E-state index contributed by atoms with van der Waals surface area (Å²) in [4.78, 5) is 2.67. The number of nitrogens with two attached hydrogens (primary N) is 1. The van der Waals surface area contributed by atoms with Crippen molar-refractivity contribution in [1.82, 2.24) is 4.98 Å². The summed E-state index contributed by atoms with van der Waals surface area (Å²) in [5.41, 5.74) is 4.60. The van der Waals surface area contributed by atoms with Crippen LogP contribution in [0.25, 0.3) is 0 Å². The number of pyridine rings is 1. The quantitative estimate of drug-likeness (QED) is 0.528. The van der Waals surface area contributed by atoms with Gasteiger partial charge in [-0.3, -0.25) is 0 Å². The molecule has 1 heterocycles. The molecule has 0 fully saturated rings. The molecule has 0 saturated carbocycles. The van der Waals surface area contributed by atoms with E-state index in [2.05, 4.69) is 4.98 Å². The predicted octanol–water partition coefficient (Wildman–Crippen LogP) is 0.648. The molecular formula is C5H4F2N2O. The lowest BCUT2D eigenvalue weighted by Gasteiger charge is -1.97. The zero-order valence-corrected chi connectivity index (χ0v) is 4.81. The molecule has 1 aromatic heterocycles. The van der Waals surface area contributed by atoms with Crippen molar-refractivity contribution in [1.29, 1.82) is 0 Å². The number of hydrogen-bond donors (Lipinski definition) is 2. The van der Waals surface area contributed by atoms with E-state index in [0.29, 0.717) is 0 Å². The summed E-state index contributed by atoms with van der Waals surface area (Å²) in [6, 6.07) is 0.735. The molecule has 0 radical (unpaired) electrons. The maximum Gasteiger partial charge on any atom is 0.259 e. The van der Waals surface area contributed by atoms with Gasteiger partial charge in [0.1, 0.15) is 0 Å². The van der Waals surface area contributed by atoms with Crippen molar-refractivity contribution in [2.24, 2.45) is 0 Å². The standard InChI is InChI=1S/C5H4F2N2O/c6-3-1-2(8)4(10)5(7)9-3/h1,10H,(H2,8,9). The molecule has 10 heavy (non-hydrogen) atoms. The normalized spacial score (nSPS) is 9.80. The van der Waals surface area contributed by atoms with Gasteiger partial charge in [0.2, 0.25) is 5.95 Å². The molecule has 0 aliphatic heterocycles. The Labute approximate surface area is 55.1 Å². The molecule has 3 N–H and O–H groups in total. The summed E-state index contributed by atoms with van der Waals surface area (Å²) in [5.74, 6) is -3.16. The van der Waals surface area contributed by atoms with E-state index in [1.807, 2.05) is 0 Å². The Hall–Kier alpha value is -1.39. The van der Waals surface area contributed by atoms with Crippen molar-refractivity contribution in [3.63, 3.8) is 0 Å². The fraction of sp³-hybridized carbons (Fsp3) is 0. The van der Waals surface area contributed by atoms with E-state index >= 15 is 0 Å². The SMILES string of the molecule is Nc1cc(F)nc(F)c1O. The number of nitrogen functional groups attached to an aromatic ring is 1. The van der Waals surface area contributed by atoms with Crippen molar-refractivity contribution in [3.8, 4) is 5.75 Å². The van der Waals surface area contributed by atoms with Crippen LogP contribution in [0.15, 0.2) is 6.07 Å². The summed E-state index contributed by atoms with van der Waals surface area (Å²) in [5, 5.41) is 8.60. The fourth-order valence-electron chi connectivity index (χ4n) is 0.495. The van der Waals surface area contributed by atoms with Crippen LogP contribution in [0.1, 0.15) is 0 Å². The zero-order chi connectivity index (χ0) is 7.72.